The molecule has 6 nitrogen and oxygen atoms in total. The standard InChI is InChI=1S/C20H17N3O3S/c1-2-25-18-11-13(9-10-21-18)12-22-19(24)15-7-8-16(26-15)20-23-14-5-3-4-6-17(14)27-20/h3-11H,2,12H2,1H3,(H,22,24). The van der Waals surface area contributed by atoms with E-state index in [1.165, 1.54) is 11.3 Å². The number of furan rings is 1. The Morgan fingerprint density at radius 1 is 1.22 bits per heavy atom. The highest BCUT2D eigenvalue weighted by molar-refractivity contribution is 7.21. The topological polar surface area (TPSA) is 77.2 Å². The fraction of sp³-hybridized carbons (Fsp3) is 0.150. The van der Waals surface area contributed by atoms with Crippen molar-refractivity contribution in [3.63, 3.8) is 0 Å². The van der Waals surface area contributed by atoms with E-state index in [0.29, 0.717) is 24.8 Å². The molecular formula is C20H17N3O3S. The summed E-state index contributed by atoms with van der Waals surface area (Å²) in [6, 6.07) is 15.0. The van der Waals surface area contributed by atoms with E-state index in [1.54, 1.807) is 24.4 Å². The van der Waals surface area contributed by atoms with Crippen LogP contribution in [0.15, 0.2) is 59.1 Å². The highest BCUT2D eigenvalue weighted by atomic mass is 32.1. The van der Waals surface area contributed by atoms with Gasteiger partial charge in [0.05, 0.1) is 16.8 Å². The van der Waals surface area contributed by atoms with Crippen LogP contribution < -0.4 is 10.1 Å². The molecule has 0 aliphatic heterocycles. The Labute approximate surface area is 159 Å². The number of para-hydroxylation sites is 1. The first-order valence-electron chi connectivity index (χ1n) is 8.54. The largest absolute Gasteiger partial charge is 0.478 e. The Balaban J connectivity index is 1.45. The van der Waals surface area contributed by atoms with Crippen molar-refractivity contribution < 1.29 is 13.9 Å². The summed E-state index contributed by atoms with van der Waals surface area (Å²) in [4.78, 5) is 21.0. The number of rotatable bonds is 6. The molecule has 1 aromatic carbocycles. The lowest BCUT2D eigenvalue weighted by Crippen LogP contribution is -2.22. The second kappa shape index (κ2) is 7.59. The number of carbonyl (C=O) groups excluding carboxylic acids is 1. The van der Waals surface area contributed by atoms with Crippen molar-refractivity contribution >= 4 is 27.5 Å². The Morgan fingerprint density at radius 2 is 2.11 bits per heavy atom. The van der Waals surface area contributed by atoms with Crippen LogP contribution in [0.5, 0.6) is 5.88 Å². The third-order valence-electron chi connectivity index (χ3n) is 3.88. The van der Waals surface area contributed by atoms with Crippen molar-refractivity contribution in [1.82, 2.24) is 15.3 Å². The van der Waals surface area contributed by atoms with Crippen LogP contribution in [0.4, 0.5) is 0 Å². The number of thiazole rings is 1. The van der Waals surface area contributed by atoms with Gasteiger partial charge in [-0.2, -0.15) is 0 Å². The third kappa shape index (κ3) is 3.83. The highest BCUT2D eigenvalue weighted by Gasteiger charge is 2.15. The van der Waals surface area contributed by atoms with Crippen molar-refractivity contribution in [1.29, 1.82) is 0 Å². The quantitative estimate of drug-likeness (QED) is 0.541. The van der Waals surface area contributed by atoms with E-state index < -0.39 is 0 Å². The summed E-state index contributed by atoms with van der Waals surface area (Å²) in [5.74, 6) is 1.10. The van der Waals surface area contributed by atoms with Gasteiger partial charge in [0, 0.05) is 18.8 Å². The lowest BCUT2D eigenvalue weighted by Gasteiger charge is -2.06. The lowest BCUT2D eigenvalue weighted by molar-refractivity contribution is 0.0924. The maximum Gasteiger partial charge on any atom is 0.287 e. The molecule has 0 radical (unpaired) electrons. The number of benzene rings is 1. The summed E-state index contributed by atoms with van der Waals surface area (Å²) in [5.41, 5.74) is 1.82. The molecule has 0 saturated heterocycles. The SMILES string of the molecule is CCOc1cc(CNC(=O)c2ccc(-c3nc4ccccc4s3)o2)ccn1. The van der Waals surface area contributed by atoms with Gasteiger partial charge in [0.2, 0.25) is 5.88 Å². The van der Waals surface area contributed by atoms with Gasteiger partial charge >= 0.3 is 0 Å². The predicted molar refractivity (Wildman–Crippen MR) is 104 cm³/mol. The second-order valence-electron chi connectivity index (χ2n) is 5.77. The number of amides is 1. The van der Waals surface area contributed by atoms with Crippen LogP contribution in [0.1, 0.15) is 23.0 Å². The van der Waals surface area contributed by atoms with E-state index in [-0.39, 0.29) is 11.7 Å². The molecule has 3 aromatic heterocycles. The monoisotopic (exact) mass is 379 g/mol. The molecule has 3 heterocycles. The fourth-order valence-electron chi connectivity index (χ4n) is 2.61. The maximum atomic E-state index is 12.4. The van der Waals surface area contributed by atoms with Crippen LogP contribution in [0, 0.1) is 0 Å². The van der Waals surface area contributed by atoms with Crippen LogP contribution in [-0.2, 0) is 6.54 Å². The van der Waals surface area contributed by atoms with Gasteiger partial charge in [-0.25, -0.2) is 9.97 Å². The smallest absolute Gasteiger partial charge is 0.287 e. The minimum Gasteiger partial charge on any atom is -0.478 e. The summed E-state index contributed by atoms with van der Waals surface area (Å²) in [6.45, 7) is 2.80. The molecule has 0 atom stereocenters. The zero-order valence-electron chi connectivity index (χ0n) is 14.6. The van der Waals surface area contributed by atoms with Crippen molar-refractivity contribution in [2.24, 2.45) is 0 Å². The minimum absolute atomic E-state index is 0.253. The number of hydrogen-bond donors (Lipinski definition) is 1. The molecule has 0 bridgehead atoms. The number of ether oxygens (including phenoxy) is 1. The number of pyridine rings is 1. The van der Waals surface area contributed by atoms with Gasteiger partial charge in [0.25, 0.3) is 5.91 Å². The van der Waals surface area contributed by atoms with Crippen molar-refractivity contribution in [3.8, 4) is 16.6 Å². The van der Waals surface area contributed by atoms with Crippen LogP contribution >= 0.6 is 11.3 Å². The molecular weight excluding hydrogens is 362 g/mol. The number of hydrogen-bond acceptors (Lipinski definition) is 6. The molecule has 0 aliphatic rings. The fourth-order valence-corrected chi connectivity index (χ4v) is 3.54. The summed E-state index contributed by atoms with van der Waals surface area (Å²) in [5, 5.41) is 3.60. The van der Waals surface area contributed by atoms with Crippen molar-refractivity contribution in [2.45, 2.75) is 13.5 Å². The molecule has 27 heavy (non-hydrogen) atoms. The molecule has 0 fully saturated rings. The minimum atomic E-state index is -0.280. The number of carbonyl (C=O) groups is 1. The average molecular weight is 379 g/mol. The zero-order valence-corrected chi connectivity index (χ0v) is 15.5. The van der Waals surface area contributed by atoms with Crippen LogP contribution in [0.25, 0.3) is 21.0 Å². The lowest BCUT2D eigenvalue weighted by atomic mass is 10.2. The number of nitrogens with one attached hydrogen (secondary N) is 1. The molecule has 0 saturated carbocycles. The third-order valence-corrected chi connectivity index (χ3v) is 4.93. The van der Waals surface area contributed by atoms with Gasteiger partial charge in [-0.3, -0.25) is 4.79 Å². The molecule has 0 unspecified atom stereocenters. The molecule has 0 spiro atoms. The number of aromatic nitrogens is 2. The molecule has 0 aliphatic carbocycles. The molecule has 1 N–H and O–H groups in total. The summed E-state index contributed by atoms with van der Waals surface area (Å²) in [7, 11) is 0. The maximum absolute atomic E-state index is 12.4. The Kier molecular flexibility index (Phi) is 4.84. The number of nitrogens with zero attached hydrogens (tertiary/aromatic N) is 2. The van der Waals surface area contributed by atoms with Crippen LogP contribution in [-0.4, -0.2) is 22.5 Å². The Bertz CT molecular complexity index is 1050. The number of fused-ring (bicyclic) bond motifs is 1. The molecule has 4 aromatic rings. The van der Waals surface area contributed by atoms with Gasteiger partial charge in [-0.15, -0.1) is 11.3 Å². The van der Waals surface area contributed by atoms with E-state index >= 15 is 0 Å². The summed E-state index contributed by atoms with van der Waals surface area (Å²) < 4.78 is 12.2. The van der Waals surface area contributed by atoms with Crippen molar-refractivity contribution in [2.75, 3.05) is 6.61 Å². The second-order valence-corrected chi connectivity index (χ2v) is 6.80. The normalized spacial score (nSPS) is 10.9. The Hall–Kier alpha value is -3.19. The first-order valence-corrected chi connectivity index (χ1v) is 9.36. The van der Waals surface area contributed by atoms with E-state index in [2.05, 4.69) is 15.3 Å². The van der Waals surface area contributed by atoms with Crippen molar-refractivity contribution in [3.05, 3.63) is 66.1 Å². The predicted octanol–water partition coefficient (Wildman–Crippen LogP) is 4.28. The first kappa shape index (κ1) is 17.2. The molecule has 1 amide bonds. The molecule has 4 rings (SSSR count). The van der Waals surface area contributed by atoms with Gasteiger partial charge in [0.15, 0.2) is 16.5 Å². The van der Waals surface area contributed by atoms with E-state index in [1.807, 2.05) is 37.3 Å². The van der Waals surface area contributed by atoms with Gasteiger partial charge in [0.1, 0.15) is 0 Å². The van der Waals surface area contributed by atoms with E-state index in [4.69, 9.17) is 9.15 Å². The van der Waals surface area contributed by atoms with Crippen LogP contribution in [0.3, 0.4) is 0 Å². The average Bonchev–Trinajstić information content (AvgIpc) is 3.33. The molecule has 136 valence electrons. The first-order chi connectivity index (χ1) is 13.2. The zero-order chi connectivity index (χ0) is 18.6. The summed E-state index contributed by atoms with van der Waals surface area (Å²) in [6.07, 6.45) is 1.66. The highest BCUT2D eigenvalue weighted by Crippen LogP contribution is 2.31. The van der Waals surface area contributed by atoms with E-state index in [9.17, 15) is 4.79 Å². The van der Waals surface area contributed by atoms with Crippen LogP contribution in [0.2, 0.25) is 0 Å². The summed E-state index contributed by atoms with van der Waals surface area (Å²) >= 11 is 1.53. The van der Waals surface area contributed by atoms with Gasteiger partial charge in [-0.1, -0.05) is 12.1 Å². The van der Waals surface area contributed by atoms with E-state index in [0.717, 1.165) is 20.8 Å². The molecule has 7 heteroatoms. The Morgan fingerprint density at radius 3 is 2.96 bits per heavy atom. The van der Waals surface area contributed by atoms with Gasteiger partial charge in [-0.05, 0) is 42.8 Å². The van der Waals surface area contributed by atoms with Gasteiger partial charge < -0.3 is 14.5 Å².